The Morgan fingerprint density at radius 2 is 2.03 bits per heavy atom. The third kappa shape index (κ3) is 4.54. The van der Waals surface area contributed by atoms with Gasteiger partial charge >= 0.3 is 6.09 Å². The maximum Gasteiger partial charge on any atom is 0.412 e. The number of fused-ring (bicyclic) bond motifs is 3. The van der Waals surface area contributed by atoms with E-state index in [1.807, 2.05) is 60.0 Å². The summed E-state index contributed by atoms with van der Waals surface area (Å²) in [6.07, 6.45) is 4.66. The van der Waals surface area contributed by atoms with Crippen LogP contribution in [0.3, 0.4) is 0 Å². The van der Waals surface area contributed by atoms with Gasteiger partial charge in [0.1, 0.15) is 18.2 Å². The maximum absolute atomic E-state index is 13.1. The van der Waals surface area contributed by atoms with E-state index < -0.39 is 6.09 Å². The number of amides is 2. The molecule has 1 aliphatic rings. The lowest BCUT2D eigenvalue weighted by atomic mass is 9.94. The summed E-state index contributed by atoms with van der Waals surface area (Å²) in [5.41, 5.74) is 4.10. The highest BCUT2D eigenvalue weighted by molar-refractivity contribution is 5.96. The van der Waals surface area contributed by atoms with Crippen LogP contribution >= 0.6 is 0 Å². The lowest BCUT2D eigenvalue weighted by Gasteiger charge is -2.33. The van der Waals surface area contributed by atoms with Crippen molar-refractivity contribution < 1.29 is 14.7 Å². The molecular formula is C25H31N9O3. The fraction of sp³-hybridized carbons (Fsp3) is 0.440. The van der Waals surface area contributed by atoms with Crippen molar-refractivity contribution in [1.29, 1.82) is 0 Å². The Balaban J connectivity index is 1.52. The van der Waals surface area contributed by atoms with Crippen molar-refractivity contribution in [3.8, 4) is 0 Å². The molecule has 0 radical (unpaired) electrons. The molecule has 1 aromatic carbocycles. The van der Waals surface area contributed by atoms with E-state index in [1.165, 1.54) is 4.90 Å². The third-order valence-corrected chi connectivity index (χ3v) is 7.14. The van der Waals surface area contributed by atoms with E-state index in [4.69, 9.17) is 4.98 Å². The molecule has 2 N–H and O–H groups in total. The van der Waals surface area contributed by atoms with Crippen molar-refractivity contribution in [2.45, 2.75) is 65.7 Å². The molecule has 12 heteroatoms. The molecular weight excluding hydrogens is 474 g/mol. The van der Waals surface area contributed by atoms with Crippen molar-refractivity contribution in [2.24, 2.45) is 7.05 Å². The molecule has 194 valence electrons. The highest BCUT2D eigenvalue weighted by Gasteiger charge is 2.31. The lowest BCUT2D eigenvalue weighted by Crippen LogP contribution is -2.41. The first-order valence-corrected chi connectivity index (χ1v) is 12.4. The number of anilines is 1. The second-order valence-electron chi connectivity index (χ2n) is 9.56. The molecule has 1 atom stereocenters. The van der Waals surface area contributed by atoms with E-state index in [9.17, 15) is 14.7 Å². The van der Waals surface area contributed by atoms with Gasteiger partial charge in [0, 0.05) is 44.0 Å². The number of rotatable bonds is 7. The monoisotopic (exact) mass is 505 g/mol. The Morgan fingerprint density at radius 3 is 2.70 bits per heavy atom. The van der Waals surface area contributed by atoms with Crippen LogP contribution in [0.4, 0.5) is 10.5 Å². The number of carbonyl (C=O) groups is 2. The first-order chi connectivity index (χ1) is 17.7. The average molecular weight is 506 g/mol. The molecule has 0 bridgehead atoms. The van der Waals surface area contributed by atoms with Gasteiger partial charge in [0.15, 0.2) is 5.82 Å². The zero-order chi connectivity index (χ0) is 26.3. The Kier molecular flexibility index (Phi) is 6.40. The molecule has 1 unspecified atom stereocenters. The minimum absolute atomic E-state index is 0.0838. The predicted molar refractivity (Wildman–Crippen MR) is 136 cm³/mol. The van der Waals surface area contributed by atoms with E-state index in [1.54, 1.807) is 6.20 Å². The van der Waals surface area contributed by atoms with Crippen molar-refractivity contribution in [1.82, 2.24) is 39.4 Å². The van der Waals surface area contributed by atoms with Crippen LogP contribution in [0, 0.1) is 13.8 Å². The maximum atomic E-state index is 13.1. The van der Waals surface area contributed by atoms with Gasteiger partial charge in [-0.2, -0.15) is 5.10 Å². The molecule has 4 aromatic rings. The van der Waals surface area contributed by atoms with Gasteiger partial charge in [0.2, 0.25) is 5.91 Å². The van der Waals surface area contributed by atoms with E-state index in [0.717, 1.165) is 40.2 Å². The molecule has 0 saturated carbocycles. The van der Waals surface area contributed by atoms with Crippen LogP contribution < -0.4 is 10.2 Å². The van der Waals surface area contributed by atoms with Gasteiger partial charge in [-0.05, 0) is 51.3 Å². The molecule has 0 aliphatic carbocycles. The van der Waals surface area contributed by atoms with Gasteiger partial charge in [0.05, 0.1) is 23.3 Å². The van der Waals surface area contributed by atoms with Gasteiger partial charge in [-0.3, -0.25) is 14.4 Å². The zero-order valence-electron chi connectivity index (χ0n) is 21.5. The molecule has 37 heavy (non-hydrogen) atoms. The number of nitrogens with zero attached hydrogens (tertiary/aromatic N) is 8. The van der Waals surface area contributed by atoms with Crippen LogP contribution in [0.1, 0.15) is 41.9 Å². The minimum Gasteiger partial charge on any atom is -0.465 e. The average Bonchev–Trinajstić information content (AvgIpc) is 3.57. The van der Waals surface area contributed by atoms with E-state index in [2.05, 4.69) is 20.6 Å². The molecule has 12 nitrogen and oxygen atoms in total. The molecule has 0 saturated heterocycles. The topological polar surface area (TPSA) is 136 Å². The van der Waals surface area contributed by atoms with E-state index >= 15 is 0 Å². The highest BCUT2D eigenvalue weighted by atomic mass is 16.4. The van der Waals surface area contributed by atoms with Crippen molar-refractivity contribution in [3.63, 3.8) is 0 Å². The first-order valence-electron chi connectivity index (χ1n) is 12.4. The summed E-state index contributed by atoms with van der Waals surface area (Å²) in [6, 6.07) is 3.67. The molecule has 5 rings (SSSR count). The van der Waals surface area contributed by atoms with Gasteiger partial charge in [-0.1, -0.05) is 0 Å². The fourth-order valence-corrected chi connectivity index (χ4v) is 5.05. The van der Waals surface area contributed by atoms with Crippen molar-refractivity contribution >= 4 is 28.7 Å². The van der Waals surface area contributed by atoms with Crippen LogP contribution in [0.5, 0.6) is 0 Å². The Labute approximate surface area is 213 Å². The van der Waals surface area contributed by atoms with Crippen molar-refractivity contribution in [3.05, 3.63) is 53.1 Å². The summed E-state index contributed by atoms with van der Waals surface area (Å²) in [4.78, 5) is 31.6. The van der Waals surface area contributed by atoms with Crippen LogP contribution in [0.15, 0.2) is 24.5 Å². The molecule has 3 aromatic heterocycles. The second kappa shape index (κ2) is 9.68. The normalized spacial score (nSPS) is 15.2. The molecule has 4 heterocycles. The minimum atomic E-state index is -0.969. The number of aromatic nitrogens is 7. The summed E-state index contributed by atoms with van der Waals surface area (Å²) in [5.74, 6) is 2.04. The standard InChI is InChI=1S/C25H31N9O3/c1-15-12-19-18(7-6-16(2)34(19)25(36)37)23-24(15)33(20(28-23)8-11-32-10-5-9-27-32)14-22(35)26-13-21-30-29-17(3)31(21)4/h5,9-10,12,16H,6-8,11,13-14H2,1-4H3,(H,26,35)(H,36,37). The number of nitrogens with one attached hydrogen (secondary N) is 1. The van der Waals surface area contributed by atoms with Crippen LogP contribution in [-0.4, -0.2) is 57.2 Å². The number of hydrogen-bond acceptors (Lipinski definition) is 6. The van der Waals surface area contributed by atoms with E-state index in [-0.39, 0.29) is 25.0 Å². The zero-order valence-corrected chi connectivity index (χ0v) is 21.5. The van der Waals surface area contributed by atoms with Gasteiger partial charge in [-0.15, -0.1) is 10.2 Å². The van der Waals surface area contributed by atoms with Gasteiger partial charge < -0.3 is 19.6 Å². The number of carbonyl (C=O) groups excluding carboxylic acids is 1. The Hall–Kier alpha value is -4.22. The fourth-order valence-electron chi connectivity index (χ4n) is 5.05. The lowest BCUT2D eigenvalue weighted by molar-refractivity contribution is -0.121. The Morgan fingerprint density at radius 1 is 1.22 bits per heavy atom. The summed E-state index contributed by atoms with van der Waals surface area (Å²) in [6.45, 7) is 6.68. The number of aryl methyl sites for hydroxylation is 5. The van der Waals surface area contributed by atoms with Gasteiger partial charge in [-0.25, -0.2) is 9.78 Å². The molecule has 0 fully saturated rings. The third-order valence-electron chi connectivity index (χ3n) is 7.14. The predicted octanol–water partition coefficient (Wildman–Crippen LogP) is 2.36. The largest absolute Gasteiger partial charge is 0.465 e. The smallest absolute Gasteiger partial charge is 0.412 e. The van der Waals surface area contributed by atoms with Crippen LogP contribution in [-0.2, 0) is 44.3 Å². The quantitative estimate of drug-likeness (QED) is 0.393. The summed E-state index contributed by atoms with van der Waals surface area (Å²) in [7, 11) is 1.86. The molecule has 0 spiro atoms. The number of carboxylic acid groups (broad SMARTS) is 1. The van der Waals surface area contributed by atoms with Crippen molar-refractivity contribution in [2.75, 3.05) is 4.90 Å². The Bertz CT molecular complexity index is 1470. The number of hydrogen-bond donors (Lipinski definition) is 2. The molecule has 2 amide bonds. The van der Waals surface area contributed by atoms with Crippen LogP contribution in [0.2, 0.25) is 0 Å². The SMILES string of the molecule is Cc1cc2c(c3nc(CCn4cccn4)n(CC(=O)NCc4nnc(C)n4C)c13)CCC(C)N2C(=O)O. The summed E-state index contributed by atoms with van der Waals surface area (Å²) < 4.78 is 5.62. The second-order valence-corrected chi connectivity index (χ2v) is 9.56. The molecule has 1 aliphatic heterocycles. The highest BCUT2D eigenvalue weighted by Crippen LogP contribution is 2.38. The van der Waals surface area contributed by atoms with E-state index in [0.29, 0.717) is 30.9 Å². The first kappa shape index (κ1) is 24.5. The summed E-state index contributed by atoms with van der Waals surface area (Å²) in [5, 5.41) is 25.3. The number of benzene rings is 1. The van der Waals surface area contributed by atoms with Gasteiger partial charge in [0.25, 0.3) is 0 Å². The van der Waals surface area contributed by atoms with Crippen LogP contribution in [0.25, 0.3) is 11.0 Å². The number of imidazole rings is 1. The summed E-state index contributed by atoms with van der Waals surface area (Å²) >= 11 is 0.